The molecule has 160 valence electrons. The molecule has 0 bridgehead atoms. The fraction of sp³-hybridized carbons (Fsp3) is 0.292. The highest BCUT2D eigenvalue weighted by atomic mass is 32.2. The summed E-state index contributed by atoms with van der Waals surface area (Å²) >= 11 is 1.15. The van der Waals surface area contributed by atoms with Gasteiger partial charge in [-0.05, 0) is 43.5 Å². The van der Waals surface area contributed by atoms with E-state index in [2.05, 4.69) is 4.98 Å². The lowest BCUT2D eigenvalue weighted by Crippen LogP contribution is -2.25. The van der Waals surface area contributed by atoms with Gasteiger partial charge in [-0.15, -0.1) is 0 Å². The first kappa shape index (κ1) is 21.2. The van der Waals surface area contributed by atoms with Crippen molar-refractivity contribution in [3.05, 3.63) is 63.9 Å². The van der Waals surface area contributed by atoms with Gasteiger partial charge < -0.3 is 10.1 Å². The summed E-state index contributed by atoms with van der Waals surface area (Å²) in [5.74, 6) is -0.890. The summed E-state index contributed by atoms with van der Waals surface area (Å²) in [6.45, 7) is 5.94. The minimum atomic E-state index is -0.890. The third-order valence-electron chi connectivity index (χ3n) is 5.44. The van der Waals surface area contributed by atoms with E-state index >= 15 is 0 Å². The first-order valence-electron chi connectivity index (χ1n) is 10.4. The van der Waals surface area contributed by atoms with Gasteiger partial charge in [-0.3, -0.25) is 14.2 Å². The lowest BCUT2D eigenvalue weighted by molar-refractivity contribution is -0.136. The van der Waals surface area contributed by atoms with Crippen LogP contribution < -0.4 is 5.56 Å². The monoisotopic (exact) mass is 435 g/mol. The number of aryl methyl sites for hydroxylation is 2. The number of benzene rings is 2. The molecule has 2 heterocycles. The number of aliphatic carboxylic acids is 1. The molecule has 4 rings (SSSR count). The molecule has 0 aliphatic heterocycles. The van der Waals surface area contributed by atoms with Crippen LogP contribution in [0.4, 0.5) is 0 Å². The van der Waals surface area contributed by atoms with Gasteiger partial charge in [0.1, 0.15) is 16.3 Å². The van der Waals surface area contributed by atoms with Crippen molar-refractivity contribution >= 4 is 39.7 Å². The number of carboxylic acid groups (broad SMARTS) is 1. The molecule has 0 saturated heterocycles. The zero-order chi connectivity index (χ0) is 22.1. The molecule has 0 saturated carbocycles. The molecule has 0 aliphatic carbocycles. The van der Waals surface area contributed by atoms with Gasteiger partial charge in [-0.2, -0.15) is 0 Å². The molecule has 0 fully saturated rings. The van der Waals surface area contributed by atoms with E-state index in [0.29, 0.717) is 22.6 Å². The molecule has 0 spiro atoms. The number of hydrogen-bond acceptors (Lipinski definition) is 4. The number of rotatable bonds is 7. The quantitative estimate of drug-likeness (QED) is 0.307. The smallest absolute Gasteiger partial charge is 0.317 e. The van der Waals surface area contributed by atoms with Crippen LogP contribution in [0.25, 0.3) is 27.6 Å². The fourth-order valence-corrected chi connectivity index (χ4v) is 4.81. The highest BCUT2D eigenvalue weighted by Crippen LogP contribution is 2.31. The molecule has 31 heavy (non-hydrogen) atoms. The Morgan fingerprint density at radius 1 is 1.23 bits per heavy atom. The van der Waals surface area contributed by atoms with Crippen LogP contribution in [0.3, 0.4) is 0 Å². The summed E-state index contributed by atoms with van der Waals surface area (Å²) in [7, 11) is 0. The molecule has 0 radical (unpaired) electrons. The van der Waals surface area contributed by atoms with Crippen LogP contribution in [-0.2, 0) is 4.79 Å². The normalized spacial score (nSPS) is 12.5. The van der Waals surface area contributed by atoms with Crippen LogP contribution in [0.2, 0.25) is 0 Å². The largest absolute Gasteiger partial charge is 0.480 e. The number of fused-ring (bicyclic) bond motifs is 3. The number of carboxylic acids is 1. The summed E-state index contributed by atoms with van der Waals surface area (Å²) in [6, 6.07) is 13.5. The average Bonchev–Trinajstić information content (AvgIpc) is 3.12. The van der Waals surface area contributed by atoms with Crippen LogP contribution in [0.5, 0.6) is 0 Å². The maximum Gasteiger partial charge on any atom is 0.317 e. The first-order chi connectivity index (χ1) is 14.9. The number of thioether (sulfide) groups is 1. The maximum absolute atomic E-state index is 13.7. The molecule has 1 atom stereocenters. The fourth-order valence-electron chi connectivity index (χ4n) is 3.74. The van der Waals surface area contributed by atoms with Gasteiger partial charge >= 0.3 is 5.97 Å². The standard InChI is InChI=1S/C24H25N3O3S/c1-4-5-10-19(23(29)30)31-24-26-20-16-8-6-7-9-17(16)25-21(20)22(28)27(24)18-13-14(2)11-12-15(18)3/h6-9,11-13,19,25H,4-5,10H2,1-3H3,(H,29,30)/t19-/m1/s1. The van der Waals surface area contributed by atoms with Crippen molar-refractivity contribution < 1.29 is 9.90 Å². The van der Waals surface area contributed by atoms with Crippen LogP contribution in [-0.4, -0.2) is 30.9 Å². The molecule has 6 nitrogen and oxygen atoms in total. The Bertz CT molecular complexity index is 1340. The minimum Gasteiger partial charge on any atom is -0.480 e. The third-order valence-corrected chi connectivity index (χ3v) is 6.65. The molecular formula is C24H25N3O3S. The Morgan fingerprint density at radius 3 is 2.74 bits per heavy atom. The Balaban J connectivity index is 2.01. The van der Waals surface area contributed by atoms with Crippen LogP contribution in [0.15, 0.2) is 52.4 Å². The number of nitrogens with one attached hydrogen (secondary N) is 1. The lowest BCUT2D eigenvalue weighted by Gasteiger charge is -2.17. The maximum atomic E-state index is 13.7. The van der Waals surface area contributed by atoms with E-state index < -0.39 is 11.2 Å². The van der Waals surface area contributed by atoms with Crippen molar-refractivity contribution in [1.82, 2.24) is 14.5 Å². The number of para-hydroxylation sites is 1. The Kier molecular flexibility index (Phi) is 5.87. The predicted molar refractivity (Wildman–Crippen MR) is 125 cm³/mol. The number of hydrogen-bond donors (Lipinski definition) is 2. The summed E-state index contributed by atoms with van der Waals surface area (Å²) in [6.07, 6.45) is 2.22. The topological polar surface area (TPSA) is 88.0 Å². The third kappa shape index (κ3) is 3.97. The number of unbranched alkanes of at least 4 members (excludes halogenated alkanes) is 1. The number of H-pyrrole nitrogens is 1. The van der Waals surface area contributed by atoms with E-state index in [1.807, 2.05) is 63.2 Å². The van der Waals surface area contributed by atoms with Crippen LogP contribution >= 0.6 is 11.8 Å². The molecule has 4 aromatic rings. The second-order valence-corrected chi connectivity index (χ2v) is 8.98. The highest BCUT2D eigenvalue weighted by Gasteiger charge is 2.24. The van der Waals surface area contributed by atoms with Crippen LogP contribution in [0.1, 0.15) is 37.3 Å². The van der Waals surface area contributed by atoms with Crippen molar-refractivity contribution in [3.63, 3.8) is 0 Å². The van der Waals surface area contributed by atoms with Gasteiger partial charge in [0, 0.05) is 10.9 Å². The number of carbonyl (C=O) groups is 1. The van der Waals surface area contributed by atoms with E-state index in [1.165, 1.54) is 0 Å². The molecule has 0 unspecified atom stereocenters. The average molecular weight is 436 g/mol. The molecule has 7 heteroatoms. The van der Waals surface area contributed by atoms with E-state index in [9.17, 15) is 14.7 Å². The van der Waals surface area contributed by atoms with E-state index in [4.69, 9.17) is 4.98 Å². The summed E-state index contributed by atoms with van der Waals surface area (Å²) in [4.78, 5) is 33.7. The number of nitrogens with zero attached hydrogens (tertiary/aromatic N) is 2. The number of aromatic nitrogens is 3. The Labute approximate surface area is 184 Å². The van der Waals surface area contributed by atoms with Crippen molar-refractivity contribution in [2.24, 2.45) is 0 Å². The van der Waals surface area contributed by atoms with Crippen molar-refractivity contribution in [1.29, 1.82) is 0 Å². The van der Waals surface area contributed by atoms with Gasteiger partial charge in [0.25, 0.3) is 5.56 Å². The van der Waals surface area contributed by atoms with Gasteiger partial charge in [0.2, 0.25) is 0 Å². The second kappa shape index (κ2) is 8.59. The lowest BCUT2D eigenvalue weighted by atomic mass is 10.1. The molecule has 0 amide bonds. The van der Waals surface area contributed by atoms with Crippen molar-refractivity contribution in [2.45, 2.75) is 50.4 Å². The second-order valence-electron chi connectivity index (χ2n) is 7.81. The van der Waals surface area contributed by atoms with Crippen molar-refractivity contribution in [2.75, 3.05) is 0 Å². The predicted octanol–water partition coefficient (Wildman–Crippen LogP) is 5.22. The van der Waals surface area contributed by atoms with Gasteiger partial charge in [0.15, 0.2) is 5.16 Å². The summed E-state index contributed by atoms with van der Waals surface area (Å²) in [5.41, 5.74) is 4.26. The zero-order valence-corrected chi connectivity index (χ0v) is 18.6. The van der Waals surface area contributed by atoms with Crippen LogP contribution in [0, 0.1) is 13.8 Å². The number of aromatic amines is 1. The van der Waals surface area contributed by atoms with Crippen molar-refractivity contribution in [3.8, 4) is 5.69 Å². The molecule has 2 N–H and O–H groups in total. The molecule has 0 aliphatic rings. The highest BCUT2D eigenvalue weighted by molar-refractivity contribution is 8.00. The van der Waals surface area contributed by atoms with E-state index in [1.54, 1.807) is 4.57 Å². The van der Waals surface area contributed by atoms with Gasteiger partial charge in [-0.25, -0.2) is 4.98 Å². The molecule has 2 aromatic carbocycles. The van der Waals surface area contributed by atoms with E-state index in [-0.39, 0.29) is 5.56 Å². The minimum absolute atomic E-state index is 0.225. The van der Waals surface area contributed by atoms with Gasteiger partial charge in [0.05, 0.1) is 5.69 Å². The summed E-state index contributed by atoms with van der Waals surface area (Å²) in [5, 5.41) is 10.4. The summed E-state index contributed by atoms with van der Waals surface area (Å²) < 4.78 is 1.56. The molecular weight excluding hydrogens is 410 g/mol. The zero-order valence-electron chi connectivity index (χ0n) is 17.8. The SMILES string of the molecule is CCCC[C@@H](Sc1nc2c([nH]c3ccccc32)c(=O)n1-c1cc(C)ccc1C)C(=O)O. The molecule has 2 aromatic heterocycles. The van der Waals surface area contributed by atoms with E-state index in [0.717, 1.165) is 52.3 Å². The first-order valence-corrected chi connectivity index (χ1v) is 11.3. The van der Waals surface area contributed by atoms with Gasteiger partial charge in [-0.1, -0.05) is 61.9 Å². The Hall–Kier alpha value is -3.06. The Morgan fingerprint density at radius 2 is 2.00 bits per heavy atom.